The monoisotopic (exact) mass is 755 g/mol. The molecule has 15 heteroatoms. The van der Waals surface area contributed by atoms with Gasteiger partial charge in [-0.25, -0.2) is 8.78 Å². The third-order valence-corrected chi connectivity index (χ3v) is 10.8. The van der Waals surface area contributed by atoms with Gasteiger partial charge in [-0.05, 0) is 80.4 Å². The molecule has 0 bridgehead atoms. The van der Waals surface area contributed by atoms with Crippen LogP contribution in [0.1, 0.15) is 47.9 Å². The summed E-state index contributed by atoms with van der Waals surface area (Å²) in [6.45, 7) is 7.44. The number of piperazine rings is 1. The van der Waals surface area contributed by atoms with Gasteiger partial charge < -0.3 is 34.2 Å². The van der Waals surface area contributed by atoms with Crippen LogP contribution in [0.5, 0.6) is 11.8 Å². The summed E-state index contributed by atoms with van der Waals surface area (Å²) in [7, 11) is 5.59. The zero-order valence-electron chi connectivity index (χ0n) is 31.8. The van der Waals surface area contributed by atoms with Gasteiger partial charge in [0.05, 0.1) is 24.2 Å². The van der Waals surface area contributed by atoms with Gasteiger partial charge >= 0.3 is 6.01 Å². The minimum absolute atomic E-state index is 0.00699. The summed E-state index contributed by atoms with van der Waals surface area (Å²) in [6, 6.07) is 8.45. The van der Waals surface area contributed by atoms with Gasteiger partial charge in [-0.15, -0.1) is 0 Å². The molecule has 1 aliphatic carbocycles. The molecule has 3 aliphatic rings. The van der Waals surface area contributed by atoms with Crippen LogP contribution in [0.2, 0.25) is 0 Å². The SMILES string of the molecule is CCc1c(F)ccc2cc(OCOC)cc(-c3ncc4c(N5CCCn6nc(C(=O)N7CCNCC7)cc6C5)nc(OCC5(CN(C)C)CC5)nc4c3F)c12. The van der Waals surface area contributed by atoms with Crippen molar-refractivity contribution in [2.75, 3.05) is 78.8 Å². The summed E-state index contributed by atoms with van der Waals surface area (Å²) in [5.74, 6) is -0.243. The Balaban J connectivity index is 1.23. The smallest absolute Gasteiger partial charge is 0.319 e. The average molecular weight is 756 g/mol. The Hall–Kier alpha value is -4.99. The van der Waals surface area contributed by atoms with Gasteiger partial charge in [0.15, 0.2) is 18.3 Å². The number of nitrogens with one attached hydrogen (secondary N) is 1. The Morgan fingerprint density at radius 2 is 1.85 bits per heavy atom. The lowest BCUT2D eigenvalue weighted by Gasteiger charge is -2.26. The highest BCUT2D eigenvalue weighted by Gasteiger charge is 2.44. The molecule has 5 aromatic rings. The summed E-state index contributed by atoms with van der Waals surface area (Å²) >= 11 is 0. The predicted molar refractivity (Wildman–Crippen MR) is 204 cm³/mol. The van der Waals surface area contributed by atoms with E-state index < -0.39 is 5.82 Å². The normalized spacial score (nSPS) is 16.8. The van der Waals surface area contributed by atoms with Crippen molar-refractivity contribution in [3.63, 3.8) is 0 Å². The van der Waals surface area contributed by atoms with Crippen LogP contribution in [0.25, 0.3) is 32.9 Å². The number of hydrogen-bond acceptors (Lipinski definition) is 11. The van der Waals surface area contributed by atoms with Crippen LogP contribution in [0.15, 0.2) is 36.5 Å². The molecule has 2 aliphatic heterocycles. The van der Waals surface area contributed by atoms with Gasteiger partial charge in [-0.1, -0.05) is 13.0 Å². The highest BCUT2D eigenvalue weighted by molar-refractivity contribution is 6.02. The number of amides is 1. The van der Waals surface area contributed by atoms with Gasteiger partial charge in [0.25, 0.3) is 5.91 Å². The van der Waals surface area contributed by atoms with Gasteiger partial charge in [0.1, 0.15) is 28.6 Å². The Bertz CT molecular complexity index is 2240. The maximum atomic E-state index is 17.3. The van der Waals surface area contributed by atoms with E-state index >= 15 is 8.78 Å². The first-order valence-electron chi connectivity index (χ1n) is 19.0. The maximum Gasteiger partial charge on any atom is 0.319 e. The summed E-state index contributed by atoms with van der Waals surface area (Å²) in [5, 5.41) is 9.64. The second-order valence-corrected chi connectivity index (χ2v) is 15.1. The molecule has 3 aromatic heterocycles. The molecule has 1 saturated carbocycles. The molecular formula is C40H47F2N9O4. The lowest BCUT2D eigenvalue weighted by molar-refractivity contribution is 0.0512. The fourth-order valence-electron chi connectivity index (χ4n) is 7.94. The number of aryl methyl sites for hydroxylation is 2. The van der Waals surface area contributed by atoms with Crippen molar-refractivity contribution < 1.29 is 27.8 Å². The number of fused-ring (bicyclic) bond motifs is 3. The highest BCUT2D eigenvalue weighted by Crippen LogP contribution is 2.46. The van der Waals surface area contributed by atoms with Crippen LogP contribution >= 0.6 is 0 Å². The number of anilines is 1. The lowest BCUT2D eigenvalue weighted by atomic mass is 9.94. The van der Waals surface area contributed by atoms with Crippen LogP contribution in [-0.2, 0) is 24.2 Å². The summed E-state index contributed by atoms with van der Waals surface area (Å²) in [6.07, 6.45) is 4.72. The number of pyridine rings is 1. The molecule has 13 nitrogen and oxygen atoms in total. The molecular weight excluding hydrogens is 708 g/mol. The van der Waals surface area contributed by atoms with Gasteiger partial charge in [0, 0.05) is 70.1 Å². The van der Waals surface area contributed by atoms with E-state index in [4.69, 9.17) is 34.3 Å². The van der Waals surface area contributed by atoms with Crippen molar-refractivity contribution >= 4 is 33.4 Å². The molecule has 1 amide bonds. The van der Waals surface area contributed by atoms with Crippen molar-refractivity contribution in [1.29, 1.82) is 0 Å². The van der Waals surface area contributed by atoms with Crippen molar-refractivity contribution in [3.8, 4) is 23.0 Å². The molecule has 0 spiro atoms. The number of methoxy groups -OCH3 is 1. The standard InChI is InChI=1S/C40H47F2N9O4/c1-5-28-31(41)8-7-25-17-27(55-24-53-4)19-29(33(25)28)35-34(42)36-30(20-44-35)37(46-39(45-36)54-23-40(9-10-40)22-48(2)3)50-13-6-14-51-26(21-50)18-32(47-51)38(52)49-15-11-43-12-16-49/h7-8,17-20,43H,5-6,9-16,21-24H2,1-4H3. The second kappa shape index (κ2) is 15.3. The first-order chi connectivity index (χ1) is 26.7. The maximum absolute atomic E-state index is 17.3. The minimum Gasteiger partial charge on any atom is -0.468 e. The van der Waals surface area contributed by atoms with Crippen molar-refractivity contribution in [1.82, 2.24) is 39.8 Å². The zero-order valence-corrected chi connectivity index (χ0v) is 31.8. The predicted octanol–water partition coefficient (Wildman–Crippen LogP) is 5.04. The number of rotatable bonds is 12. The number of benzene rings is 2. The quantitative estimate of drug-likeness (QED) is 0.173. The highest BCUT2D eigenvalue weighted by atomic mass is 19.1. The van der Waals surface area contributed by atoms with E-state index in [1.165, 1.54) is 13.2 Å². The molecule has 1 N–H and O–H groups in total. The summed E-state index contributed by atoms with van der Waals surface area (Å²) in [4.78, 5) is 33.7. The van der Waals surface area contributed by atoms with Crippen LogP contribution in [0.3, 0.4) is 0 Å². The van der Waals surface area contributed by atoms with Gasteiger partial charge in [-0.2, -0.15) is 15.1 Å². The first kappa shape index (κ1) is 37.0. The van der Waals surface area contributed by atoms with Crippen LogP contribution in [-0.4, -0.2) is 114 Å². The van der Waals surface area contributed by atoms with Crippen molar-refractivity contribution in [2.45, 2.75) is 45.7 Å². The van der Waals surface area contributed by atoms with E-state index in [0.717, 1.165) is 38.2 Å². The molecule has 2 aromatic carbocycles. The average Bonchev–Trinajstić information content (AvgIpc) is 3.89. The minimum atomic E-state index is -0.680. The zero-order chi connectivity index (χ0) is 38.3. The second-order valence-electron chi connectivity index (χ2n) is 15.1. The Labute approximate surface area is 318 Å². The Morgan fingerprint density at radius 1 is 1.04 bits per heavy atom. The van der Waals surface area contributed by atoms with Crippen LogP contribution < -0.4 is 19.7 Å². The van der Waals surface area contributed by atoms with E-state index in [2.05, 4.69) is 15.1 Å². The Morgan fingerprint density at radius 3 is 2.60 bits per heavy atom. The topological polar surface area (TPSA) is 123 Å². The van der Waals surface area contributed by atoms with E-state index in [1.807, 2.05) is 36.7 Å². The van der Waals surface area contributed by atoms with Gasteiger partial charge in [-0.3, -0.25) is 14.5 Å². The van der Waals surface area contributed by atoms with E-state index in [-0.39, 0.29) is 41.2 Å². The summed E-state index contributed by atoms with van der Waals surface area (Å²) in [5.41, 5.74) is 2.13. The van der Waals surface area contributed by atoms with E-state index in [1.54, 1.807) is 24.4 Å². The molecule has 55 heavy (non-hydrogen) atoms. The van der Waals surface area contributed by atoms with E-state index in [0.29, 0.717) is 96.7 Å². The number of halogens is 2. The fourth-order valence-corrected chi connectivity index (χ4v) is 7.94. The first-order valence-corrected chi connectivity index (χ1v) is 19.0. The number of carbonyl (C=O) groups is 1. The third-order valence-electron chi connectivity index (χ3n) is 10.8. The van der Waals surface area contributed by atoms with Gasteiger partial charge in [0.2, 0.25) is 0 Å². The molecule has 0 atom stereocenters. The molecule has 290 valence electrons. The molecule has 0 unspecified atom stereocenters. The third kappa shape index (κ3) is 7.40. The number of carbonyl (C=O) groups excluding carboxylic acids is 1. The number of hydrogen-bond donors (Lipinski definition) is 1. The molecule has 2 fully saturated rings. The molecule has 8 rings (SSSR count). The number of ether oxygens (including phenoxy) is 3. The largest absolute Gasteiger partial charge is 0.468 e. The fraction of sp³-hybridized carbons (Fsp3) is 0.475. The van der Waals surface area contributed by atoms with Crippen molar-refractivity contribution in [2.24, 2.45) is 5.41 Å². The Kier molecular flexibility index (Phi) is 10.3. The van der Waals surface area contributed by atoms with Crippen LogP contribution in [0, 0.1) is 17.0 Å². The number of aromatic nitrogens is 5. The van der Waals surface area contributed by atoms with Crippen molar-refractivity contribution in [3.05, 3.63) is 65.1 Å². The number of nitrogens with zero attached hydrogens (tertiary/aromatic N) is 8. The molecule has 5 heterocycles. The summed E-state index contributed by atoms with van der Waals surface area (Å²) < 4.78 is 51.8. The molecule has 1 saturated heterocycles. The molecule has 0 radical (unpaired) electrons. The lowest BCUT2D eigenvalue weighted by Crippen LogP contribution is -2.46. The van der Waals surface area contributed by atoms with Crippen LogP contribution in [0.4, 0.5) is 14.6 Å². The van der Waals surface area contributed by atoms with E-state index in [9.17, 15) is 4.79 Å².